The van der Waals surface area contributed by atoms with Crippen LogP contribution in [0, 0.1) is 0 Å². The minimum Gasteiger partial charge on any atom is -0.394 e. The summed E-state index contributed by atoms with van der Waals surface area (Å²) in [5.41, 5.74) is 0. The van der Waals surface area contributed by atoms with Gasteiger partial charge in [0.15, 0.2) is 0 Å². The van der Waals surface area contributed by atoms with E-state index in [1.165, 1.54) is 154 Å². The van der Waals surface area contributed by atoms with Crippen LogP contribution in [0.15, 0.2) is 0 Å². The first kappa shape index (κ1) is 55.9. The van der Waals surface area contributed by atoms with Crippen molar-refractivity contribution in [3.8, 4) is 0 Å². The smallest absolute Gasteiger partial charge is 0.394 e. The van der Waals surface area contributed by atoms with Crippen LogP contribution in [0.2, 0.25) is 0 Å². The number of hydrogen-bond acceptors (Lipinski definition) is 8. The molecule has 0 aromatic carbocycles. The summed E-state index contributed by atoms with van der Waals surface area (Å²) in [5.74, 6) is 0. The second kappa shape index (κ2) is 43.0. The third-order valence-corrected chi connectivity index (χ3v) is 11.6. The Morgan fingerprint density at radius 1 is 0.446 bits per heavy atom. The molecule has 0 aliphatic rings. The number of unbranched alkanes of at least 4 members (excludes halogenated alkanes) is 26. The Kier molecular flexibility index (Phi) is 42.9. The molecule has 338 valence electrons. The van der Waals surface area contributed by atoms with Crippen molar-refractivity contribution in [3.05, 3.63) is 0 Å². The van der Waals surface area contributed by atoms with Crippen molar-refractivity contribution in [3.63, 3.8) is 0 Å². The van der Waals surface area contributed by atoms with Crippen LogP contribution in [0.4, 0.5) is 0 Å². The van der Waals surface area contributed by atoms with Crippen molar-refractivity contribution in [2.24, 2.45) is 0 Å². The Balaban J connectivity index is 4.35. The summed E-state index contributed by atoms with van der Waals surface area (Å²) in [4.78, 5) is 10.4. The van der Waals surface area contributed by atoms with E-state index in [1.807, 2.05) is 14.1 Å². The average molecular weight is 825 g/mol. The number of quaternary nitrogens is 1. The minimum atomic E-state index is -4.24. The van der Waals surface area contributed by atoms with E-state index in [2.05, 4.69) is 13.8 Å². The molecule has 0 bridgehead atoms. The van der Waals surface area contributed by atoms with E-state index in [-0.39, 0.29) is 19.8 Å². The maximum atomic E-state index is 12.8. The Labute approximate surface area is 347 Å². The summed E-state index contributed by atoms with van der Waals surface area (Å²) in [7, 11) is -0.200. The van der Waals surface area contributed by atoms with Crippen LogP contribution in [0.5, 0.6) is 0 Å². The predicted octanol–water partition coefficient (Wildman–Crippen LogP) is 11.6. The van der Waals surface area contributed by atoms with E-state index in [9.17, 15) is 9.46 Å². The van der Waals surface area contributed by atoms with Crippen LogP contribution in [0.3, 0.4) is 0 Å². The van der Waals surface area contributed by atoms with Gasteiger partial charge < -0.3 is 33.4 Å². The Bertz CT molecular complexity index is 822. The monoisotopic (exact) mass is 825 g/mol. The molecule has 0 radical (unpaired) electrons. The van der Waals surface area contributed by atoms with E-state index in [0.29, 0.717) is 63.8 Å². The molecule has 0 aliphatic heterocycles. The first-order valence-electron chi connectivity index (χ1n) is 23.7. The van der Waals surface area contributed by atoms with Gasteiger partial charge in [0.05, 0.1) is 60.3 Å². The van der Waals surface area contributed by atoms with Gasteiger partial charge in [0.25, 0.3) is 0 Å². The summed E-state index contributed by atoms with van der Waals surface area (Å²) in [6.07, 6.45) is 36.4. The standard InChI is InChI=1S/C45H94NO9P/c1-5-7-9-11-13-15-17-19-21-23-25-27-29-31-36-52-43-45(53-37-32-30-28-26-24-22-20-18-16-14-12-10-8-6-2)44-55-56(48,49)54-39-34-46(3,4)33-38-50-41-42-51-40-35-47/h45,47H,5-44H2,1-4H3/p+1. The van der Waals surface area contributed by atoms with Gasteiger partial charge in [-0.1, -0.05) is 181 Å². The third kappa shape index (κ3) is 43.4. The minimum absolute atomic E-state index is 0.00288. The molecule has 0 aromatic heterocycles. The van der Waals surface area contributed by atoms with Gasteiger partial charge in [0.1, 0.15) is 25.8 Å². The number of phosphoric ester groups is 1. The highest BCUT2D eigenvalue weighted by Crippen LogP contribution is 2.43. The fourth-order valence-electron chi connectivity index (χ4n) is 6.73. The van der Waals surface area contributed by atoms with Crippen molar-refractivity contribution in [2.75, 3.05) is 93.3 Å². The van der Waals surface area contributed by atoms with Crippen molar-refractivity contribution in [2.45, 2.75) is 200 Å². The maximum absolute atomic E-state index is 12.8. The number of ether oxygens (including phenoxy) is 4. The molecule has 10 nitrogen and oxygen atoms in total. The molecule has 0 aromatic rings. The molecular weight excluding hydrogens is 729 g/mol. The fraction of sp³-hybridized carbons (Fsp3) is 1.00. The number of rotatable bonds is 48. The molecule has 0 amide bonds. The molecule has 2 unspecified atom stereocenters. The molecule has 0 saturated heterocycles. The lowest BCUT2D eigenvalue weighted by Crippen LogP contribution is -2.44. The number of aliphatic hydroxyl groups excluding tert-OH is 1. The highest BCUT2D eigenvalue weighted by atomic mass is 31.2. The largest absolute Gasteiger partial charge is 0.472 e. The first-order valence-corrected chi connectivity index (χ1v) is 25.2. The molecule has 56 heavy (non-hydrogen) atoms. The van der Waals surface area contributed by atoms with Gasteiger partial charge >= 0.3 is 7.82 Å². The van der Waals surface area contributed by atoms with Gasteiger partial charge in [-0.15, -0.1) is 0 Å². The van der Waals surface area contributed by atoms with Crippen LogP contribution < -0.4 is 0 Å². The van der Waals surface area contributed by atoms with Crippen LogP contribution in [-0.4, -0.2) is 114 Å². The molecule has 0 spiro atoms. The number of aliphatic hydroxyl groups is 1. The normalized spacial score (nSPS) is 13.8. The SMILES string of the molecule is CCCCCCCCCCCCCCCCOCC(COP(=O)(O)OCC[N+](C)(C)CCOCCOCCO)OCCCCCCCCCCCCCCCC. The molecule has 2 atom stereocenters. The van der Waals surface area contributed by atoms with Gasteiger partial charge in [-0.3, -0.25) is 9.05 Å². The average Bonchev–Trinajstić information content (AvgIpc) is 3.17. The topological polar surface area (TPSA) is 113 Å². The van der Waals surface area contributed by atoms with E-state index in [1.54, 1.807) is 0 Å². The highest BCUT2D eigenvalue weighted by Gasteiger charge is 2.26. The van der Waals surface area contributed by atoms with Gasteiger partial charge in [0, 0.05) is 13.2 Å². The van der Waals surface area contributed by atoms with Crippen molar-refractivity contribution >= 4 is 7.82 Å². The lowest BCUT2D eigenvalue weighted by molar-refractivity contribution is -0.890. The van der Waals surface area contributed by atoms with Crippen LogP contribution in [0.1, 0.15) is 194 Å². The van der Waals surface area contributed by atoms with Crippen LogP contribution >= 0.6 is 7.82 Å². The number of phosphoric acid groups is 1. The fourth-order valence-corrected chi connectivity index (χ4v) is 7.47. The summed E-state index contributed by atoms with van der Waals surface area (Å²) in [5, 5.41) is 8.77. The summed E-state index contributed by atoms with van der Waals surface area (Å²) in [6, 6.07) is 0. The summed E-state index contributed by atoms with van der Waals surface area (Å²) < 4.78 is 47.0. The maximum Gasteiger partial charge on any atom is 0.472 e. The number of hydrogen-bond donors (Lipinski definition) is 2. The van der Waals surface area contributed by atoms with E-state index >= 15 is 0 Å². The number of nitrogens with zero attached hydrogens (tertiary/aromatic N) is 1. The summed E-state index contributed by atoms with van der Waals surface area (Å²) in [6.45, 7) is 9.17. The zero-order valence-corrected chi connectivity index (χ0v) is 38.4. The molecule has 0 aliphatic carbocycles. The summed E-state index contributed by atoms with van der Waals surface area (Å²) >= 11 is 0. The second-order valence-electron chi connectivity index (χ2n) is 16.7. The molecule has 11 heteroatoms. The Morgan fingerprint density at radius 3 is 1.29 bits per heavy atom. The van der Waals surface area contributed by atoms with E-state index in [0.717, 1.165) is 25.7 Å². The molecular formula is C45H95NO9P+. The zero-order valence-electron chi connectivity index (χ0n) is 37.5. The molecule has 2 N–H and O–H groups in total. The van der Waals surface area contributed by atoms with Gasteiger partial charge in [-0.25, -0.2) is 4.57 Å². The molecule has 0 rings (SSSR count). The highest BCUT2D eigenvalue weighted by molar-refractivity contribution is 7.47. The Morgan fingerprint density at radius 2 is 0.839 bits per heavy atom. The van der Waals surface area contributed by atoms with E-state index in [4.69, 9.17) is 33.1 Å². The molecule has 0 fully saturated rings. The van der Waals surface area contributed by atoms with Crippen LogP contribution in [0.25, 0.3) is 0 Å². The zero-order chi connectivity index (χ0) is 41.1. The third-order valence-electron chi connectivity index (χ3n) is 10.6. The van der Waals surface area contributed by atoms with Gasteiger partial charge in [-0.2, -0.15) is 0 Å². The van der Waals surface area contributed by atoms with Crippen molar-refractivity contribution in [1.82, 2.24) is 0 Å². The van der Waals surface area contributed by atoms with E-state index < -0.39 is 13.9 Å². The second-order valence-corrected chi connectivity index (χ2v) is 18.1. The lowest BCUT2D eigenvalue weighted by Gasteiger charge is -2.29. The van der Waals surface area contributed by atoms with Gasteiger partial charge in [0.2, 0.25) is 0 Å². The first-order chi connectivity index (χ1) is 27.3. The predicted molar refractivity (Wildman–Crippen MR) is 233 cm³/mol. The van der Waals surface area contributed by atoms with Crippen molar-refractivity contribution < 1.29 is 47.0 Å². The molecule has 0 heterocycles. The number of likely N-dealkylation sites (N-methyl/N-ethyl adjacent to an activating group) is 1. The van der Waals surface area contributed by atoms with Crippen LogP contribution in [-0.2, 0) is 32.6 Å². The quantitative estimate of drug-likeness (QED) is 0.0352. The van der Waals surface area contributed by atoms with Crippen molar-refractivity contribution in [1.29, 1.82) is 0 Å². The molecule has 0 saturated carbocycles. The lowest BCUT2D eigenvalue weighted by atomic mass is 10.0. The Hall–Kier alpha value is -0.130. The van der Waals surface area contributed by atoms with Gasteiger partial charge in [-0.05, 0) is 12.8 Å².